The number of rotatable bonds is 9. The number of anilines is 3. The molecule has 2 nitrogen and oxygen atoms in total. The average Bonchev–Trinajstić information content (AvgIpc) is 3.79. The van der Waals surface area contributed by atoms with Crippen molar-refractivity contribution >= 4 is 66.1 Å². The van der Waals surface area contributed by atoms with Gasteiger partial charge in [0.2, 0.25) is 0 Å². The van der Waals surface area contributed by atoms with Crippen molar-refractivity contribution in [1.82, 2.24) is 4.57 Å². The summed E-state index contributed by atoms with van der Waals surface area (Å²) < 4.78 is 2.48. The van der Waals surface area contributed by atoms with Gasteiger partial charge in [-0.2, -0.15) is 0 Å². The van der Waals surface area contributed by atoms with Crippen LogP contribution in [0, 0.1) is 0 Å². The fourth-order valence-corrected chi connectivity index (χ4v) is 10.8. The molecule has 0 fully saturated rings. The van der Waals surface area contributed by atoms with E-state index in [1.54, 1.807) is 0 Å². The monoisotopic (exact) mass is 892 g/mol. The molecule has 12 aromatic rings. The first-order chi connectivity index (χ1) is 34.7. The Kier molecular flexibility index (Phi) is 10.4. The van der Waals surface area contributed by atoms with E-state index >= 15 is 0 Å². The van der Waals surface area contributed by atoms with Crippen LogP contribution in [0.2, 0.25) is 0 Å². The average molecular weight is 893 g/mol. The lowest BCUT2D eigenvalue weighted by molar-refractivity contribution is 1.02. The minimum Gasteiger partial charge on any atom is -0.310 e. The lowest BCUT2D eigenvalue weighted by Gasteiger charge is -2.27. The van der Waals surface area contributed by atoms with Crippen molar-refractivity contribution in [2.75, 3.05) is 4.90 Å². The number of aromatic nitrogens is 1. The van der Waals surface area contributed by atoms with Crippen LogP contribution in [0.4, 0.5) is 17.1 Å². The van der Waals surface area contributed by atoms with Crippen LogP contribution in [0.5, 0.6) is 0 Å². The van der Waals surface area contributed by atoms with E-state index in [-0.39, 0.29) is 0 Å². The molecule has 1 aliphatic carbocycles. The van der Waals surface area contributed by atoms with Gasteiger partial charge < -0.3 is 9.47 Å². The molecule has 0 saturated carbocycles. The highest BCUT2D eigenvalue weighted by atomic mass is 15.1. The summed E-state index contributed by atoms with van der Waals surface area (Å²) in [5.41, 5.74) is 18.8. The maximum absolute atomic E-state index is 2.48. The lowest BCUT2D eigenvalue weighted by atomic mass is 9.95. The Morgan fingerprint density at radius 3 is 1.57 bits per heavy atom. The predicted octanol–water partition coefficient (Wildman–Crippen LogP) is 19.1. The third-order valence-corrected chi connectivity index (χ3v) is 14.2. The zero-order chi connectivity index (χ0) is 46.4. The second-order valence-corrected chi connectivity index (χ2v) is 18.4. The van der Waals surface area contributed by atoms with Crippen molar-refractivity contribution in [2.45, 2.75) is 12.8 Å². The number of benzene rings is 11. The minimum absolute atomic E-state index is 1.04. The van der Waals surface area contributed by atoms with Gasteiger partial charge in [-0.05, 0) is 151 Å². The Labute approximate surface area is 409 Å². The number of fused-ring (bicyclic) bond motifs is 6. The Hall–Kier alpha value is -8.98. The quantitative estimate of drug-likeness (QED) is 0.140. The maximum atomic E-state index is 2.48. The molecule has 0 saturated heterocycles. The van der Waals surface area contributed by atoms with Crippen molar-refractivity contribution < 1.29 is 0 Å². The molecule has 2 heteroatoms. The molecule has 330 valence electrons. The van der Waals surface area contributed by atoms with Gasteiger partial charge in [-0.1, -0.05) is 206 Å². The van der Waals surface area contributed by atoms with Gasteiger partial charge in [-0.25, -0.2) is 0 Å². The predicted molar refractivity (Wildman–Crippen MR) is 299 cm³/mol. The maximum Gasteiger partial charge on any atom is 0.0547 e. The van der Waals surface area contributed by atoms with Crippen LogP contribution in [0.3, 0.4) is 0 Å². The summed E-state index contributed by atoms with van der Waals surface area (Å²) in [6.45, 7) is 0. The summed E-state index contributed by atoms with van der Waals surface area (Å²) in [7, 11) is 0. The van der Waals surface area contributed by atoms with E-state index in [1.165, 1.54) is 93.6 Å². The first-order valence-electron chi connectivity index (χ1n) is 24.4. The van der Waals surface area contributed by atoms with Gasteiger partial charge in [0.1, 0.15) is 0 Å². The van der Waals surface area contributed by atoms with Gasteiger partial charge in [-0.3, -0.25) is 0 Å². The van der Waals surface area contributed by atoms with Crippen molar-refractivity contribution in [3.05, 3.63) is 267 Å². The van der Waals surface area contributed by atoms with E-state index in [0.717, 1.165) is 41.0 Å². The molecule has 0 atom stereocenters. The minimum atomic E-state index is 1.04. The zero-order valence-electron chi connectivity index (χ0n) is 38.7. The smallest absolute Gasteiger partial charge is 0.0547 e. The van der Waals surface area contributed by atoms with Crippen LogP contribution in [0.25, 0.3) is 105 Å². The van der Waals surface area contributed by atoms with Crippen LogP contribution in [0.1, 0.15) is 12.8 Å². The topological polar surface area (TPSA) is 8.17 Å². The molecule has 1 aliphatic rings. The van der Waals surface area contributed by atoms with Gasteiger partial charge in [0.05, 0.1) is 11.0 Å². The molecule has 0 N–H and O–H groups in total. The van der Waals surface area contributed by atoms with Gasteiger partial charge >= 0.3 is 0 Å². The van der Waals surface area contributed by atoms with E-state index in [1.807, 2.05) is 0 Å². The summed E-state index contributed by atoms with van der Waals surface area (Å²) in [5.74, 6) is 0. The van der Waals surface area contributed by atoms with Crippen LogP contribution in [0.15, 0.2) is 267 Å². The third-order valence-electron chi connectivity index (χ3n) is 14.2. The molecule has 1 heterocycles. The molecule has 0 amide bonds. The molecule has 1 aromatic heterocycles. The Bertz CT molecular complexity index is 3910. The summed E-state index contributed by atoms with van der Waals surface area (Å²) in [6.07, 6.45) is 9.10. The number of hydrogen-bond acceptors (Lipinski definition) is 1. The molecule has 0 unspecified atom stereocenters. The highest BCUT2D eigenvalue weighted by Crippen LogP contribution is 2.45. The SMILES string of the molecule is C1=CC(n2c3cccc(-c4cccc(N(c5ccc(-c6ccc(-c7cccc8ccccc78)cc6)cc5)c5cc(-c6ccccc6)cc(-c6ccccc6)c5)c4)c3c3c4ccccc4ccc32)=CCC1. The summed E-state index contributed by atoms with van der Waals surface area (Å²) >= 11 is 0. The molecule has 0 bridgehead atoms. The summed E-state index contributed by atoms with van der Waals surface area (Å²) in [5, 5.41) is 7.59. The second kappa shape index (κ2) is 17.6. The fourth-order valence-electron chi connectivity index (χ4n) is 10.8. The van der Waals surface area contributed by atoms with Gasteiger partial charge in [-0.15, -0.1) is 0 Å². The third kappa shape index (κ3) is 7.39. The van der Waals surface area contributed by atoms with E-state index in [2.05, 4.69) is 276 Å². The Balaban J connectivity index is 0.978. The van der Waals surface area contributed by atoms with Crippen molar-refractivity contribution in [3.63, 3.8) is 0 Å². The fraction of sp³-hybridized carbons (Fsp3) is 0.0294. The standard InChI is InChI=1S/C68H48N2/c1-4-17-47(18-5-1)55-43-56(48-19-6-2-7-20-48)46-60(45-55)69(58-40-37-50(38-41-58)49-33-35-53(36-34-49)62-30-15-23-51-21-10-12-28-61(51)62)59-27-14-24-54(44-59)64-31-16-32-65-68(64)67-63-29-13-11-22-52(63)39-42-66(67)70(65)57-25-8-3-9-26-57/h1-2,4-8,10-46H,3,9H2. The number of hydrogen-bond donors (Lipinski definition) is 0. The van der Waals surface area contributed by atoms with E-state index in [9.17, 15) is 0 Å². The van der Waals surface area contributed by atoms with Crippen molar-refractivity contribution in [2.24, 2.45) is 0 Å². The Morgan fingerprint density at radius 2 is 0.857 bits per heavy atom. The van der Waals surface area contributed by atoms with Crippen LogP contribution < -0.4 is 4.90 Å². The van der Waals surface area contributed by atoms with E-state index in [4.69, 9.17) is 0 Å². The first-order valence-corrected chi connectivity index (χ1v) is 24.4. The highest BCUT2D eigenvalue weighted by Gasteiger charge is 2.21. The number of nitrogens with zero attached hydrogens (tertiary/aromatic N) is 2. The highest BCUT2D eigenvalue weighted by molar-refractivity contribution is 6.25. The summed E-state index contributed by atoms with van der Waals surface area (Å²) in [4.78, 5) is 2.44. The van der Waals surface area contributed by atoms with E-state index in [0.29, 0.717) is 0 Å². The van der Waals surface area contributed by atoms with Gasteiger partial charge in [0.25, 0.3) is 0 Å². The van der Waals surface area contributed by atoms with Crippen molar-refractivity contribution in [3.8, 4) is 55.6 Å². The molecule has 0 spiro atoms. The molecule has 0 radical (unpaired) electrons. The molecule has 11 aromatic carbocycles. The second-order valence-electron chi connectivity index (χ2n) is 18.4. The van der Waals surface area contributed by atoms with Crippen LogP contribution in [-0.2, 0) is 0 Å². The van der Waals surface area contributed by atoms with E-state index < -0.39 is 0 Å². The molecular formula is C68H48N2. The molecular weight excluding hydrogens is 845 g/mol. The van der Waals surface area contributed by atoms with Crippen LogP contribution >= 0.6 is 0 Å². The lowest BCUT2D eigenvalue weighted by Crippen LogP contribution is -2.10. The normalized spacial score (nSPS) is 12.5. The Morgan fingerprint density at radius 1 is 0.314 bits per heavy atom. The molecule has 70 heavy (non-hydrogen) atoms. The first kappa shape index (κ1) is 41.2. The molecule has 13 rings (SSSR count). The van der Waals surface area contributed by atoms with Crippen molar-refractivity contribution in [1.29, 1.82) is 0 Å². The summed E-state index contributed by atoms with van der Waals surface area (Å²) in [6, 6.07) is 91.3. The zero-order valence-corrected chi connectivity index (χ0v) is 38.7. The van der Waals surface area contributed by atoms with Crippen LogP contribution in [-0.4, -0.2) is 4.57 Å². The molecule has 0 aliphatic heterocycles. The largest absolute Gasteiger partial charge is 0.310 e. The number of allylic oxidation sites excluding steroid dienone is 4. The van der Waals surface area contributed by atoms with Gasteiger partial charge in [0, 0.05) is 33.5 Å². The van der Waals surface area contributed by atoms with Gasteiger partial charge in [0.15, 0.2) is 0 Å².